The molecule has 3 aromatic rings. The molecule has 27 heavy (non-hydrogen) atoms. The second-order valence-corrected chi connectivity index (χ2v) is 7.23. The van der Waals surface area contributed by atoms with Gasteiger partial charge in [0.15, 0.2) is 0 Å². The first kappa shape index (κ1) is 16.0. The van der Waals surface area contributed by atoms with E-state index in [2.05, 4.69) is 16.8 Å². The molecule has 1 saturated heterocycles. The minimum Gasteiger partial charge on any atom is -0.472 e. The Bertz CT molecular complexity index is 1040. The largest absolute Gasteiger partial charge is 0.472 e. The van der Waals surface area contributed by atoms with Gasteiger partial charge in [-0.2, -0.15) is 10.2 Å². The molecular weight excluding hydrogens is 344 g/mol. The van der Waals surface area contributed by atoms with Gasteiger partial charge in [-0.1, -0.05) is 6.58 Å². The number of aromatic nitrogens is 5. The van der Waals surface area contributed by atoms with Gasteiger partial charge in [-0.05, 0) is 18.6 Å². The summed E-state index contributed by atoms with van der Waals surface area (Å²) in [5, 5.41) is 8.57. The number of hydrogen-bond donors (Lipinski definition) is 0. The van der Waals surface area contributed by atoms with E-state index in [1.807, 2.05) is 30.4 Å². The molecule has 3 atom stereocenters. The number of carbonyl (C=O) groups excluding carboxylic acids is 1. The highest BCUT2D eigenvalue weighted by atomic mass is 16.5. The number of fused-ring (bicyclic) bond motifs is 3. The Morgan fingerprint density at radius 1 is 1.33 bits per heavy atom. The molecular formula is C19H20N6O2. The van der Waals surface area contributed by atoms with Crippen LogP contribution < -0.4 is 4.74 Å². The quantitative estimate of drug-likeness (QED) is 0.659. The van der Waals surface area contributed by atoms with E-state index >= 15 is 0 Å². The molecule has 5 rings (SSSR count). The van der Waals surface area contributed by atoms with Gasteiger partial charge in [0, 0.05) is 43.7 Å². The van der Waals surface area contributed by atoms with Gasteiger partial charge in [0.25, 0.3) is 0 Å². The van der Waals surface area contributed by atoms with Gasteiger partial charge in [0.2, 0.25) is 11.8 Å². The zero-order valence-corrected chi connectivity index (χ0v) is 15.0. The summed E-state index contributed by atoms with van der Waals surface area (Å²) in [6.45, 7) is 4.32. The lowest BCUT2D eigenvalue weighted by atomic mass is 10.1. The molecule has 2 fully saturated rings. The summed E-state index contributed by atoms with van der Waals surface area (Å²) in [4.78, 5) is 18.6. The molecule has 4 heterocycles. The van der Waals surface area contributed by atoms with Crippen molar-refractivity contribution in [1.82, 2.24) is 29.3 Å². The van der Waals surface area contributed by atoms with Gasteiger partial charge >= 0.3 is 0 Å². The van der Waals surface area contributed by atoms with Crippen LogP contribution in [0, 0.1) is 5.92 Å². The Kier molecular flexibility index (Phi) is 3.53. The van der Waals surface area contributed by atoms with E-state index in [0.29, 0.717) is 11.8 Å². The molecule has 3 unspecified atom stereocenters. The SMILES string of the molecule is C=CC(=O)N1CC2CC1CC2Oc1nc(-c2cnn(C)c2)cn2nccc12. The Labute approximate surface area is 156 Å². The Hall–Kier alpha value is -3.16. The number of ether oxygens (including phenoxy) is 1. The minimum absolute atomic E-state index is 0.0100. The Balaban J connectivity index is 1.44. The van der Waals surface area contributed by atoms with Crippen molar-refractivity contribution in [2.75, 3.05) is 6.54 Å². The number of amides is 1. The lowest BCUT2D eigenvalue weighted by molar-refractivity contribution is -0.128. The number of nitrogens with zero attached hydrogens (tertiary/aromatic N) is 6. The third-order valence-electron chi connectivity index (χ3n) is 5.55. The summed E-state index contributed by atoms with van der Waals surface area (Å²) in [5.74, 6) is 0.912. The van der Waals surface area contributed by atoms with Crippen LogP contribution in [0.1, 0.15) is 12.8 Å². The predicted molar refractivity (Wildman–Crippen MR) is 98.0 cm³/mol. The van der Waals surface area contributed by atoms with Crippen LogP contribution in [-0.2, 0) is 11.8 Å². The zero-order chi connectivity index (χ0) is 18.5. The number of likely N-dealkylation sites (tertiary alicyclic amines) is 1. The van der Waals surface area contributed by atoms with Gasteiger partial charge in [-0.25, -0.2) is 9.50 Å². The van der Waals surface area contributed by atoms with Gasteiger partial charge in [0.05, 0.1) is 24.3 Å². The first-order valence-corrected chi connectivity index (χ1v) is 9.05. The fourth-order valence-corrected chi connectivity index (χ4v) is 4.26. The third kappa shape index (κ3) is 2.59. The molecule has 8 nitrogen and oxygen atoms in total. The summed E-state index contributed by atoms with van der Waals surface area (Å²) in [6.07, 6.45) is 10.6. The van der Waals surface area contributed by atoms with Crippen LogP contribution in [0.4, 0.5) is 0 Å². The van der Waals surface area contributed by atoms with Crippen LogP contribution in [0.15, 0.2) is 43.5 Å². The first-order valence-electron chi connectivity index (χ1n) is 9.05. The third-order valence-corrected chi connectivity index (χ3v) is 5.55. The molecule has 1 aliphatic carbocycles. The molecule has 1 aliphatic heterocycles. The Morgan fingerprint density at radius 3 is 2.93 bits per heavy atom. The number of carbonyl (C=O) groups is 1. The molecule has 0 spiro atoms. The average Bonchev–Trinajstić information content (AvgIpc) is 3.44. The van der Waals surface area contributed by atoms with Crippen LogP contribution in [0.3, 0.4) is 0 Å². The molecule has 1 saturated carbocycles. The van der Waals surface area contributed by atoms with E-state index in [1.54, 1.807) is 21.6 Å². The van der Waals surface area contributed by atoms with Crippen LogP contribution in [0.5, 0.6) is 5.88 Å². The van der Waals surface area contributed by atoms with E-state index < -0.39 is 0 Å². The molecule has 2 aliphatic rings. The fraction of sp³-hybridized carbons (Fsp3) is 0.368. The van der Waals surface area contributed by atoms with Gasteiger partial charge < -0.3 is 9.64 Å². The maximum Gasteiger partial charge on any atom is 0.246 e. The standard InChI is InChI=1S/C19H20N6O2/c1-3-18(26)24-10-12-6-14(24)7-17(12)27-19-16-4-5-20-25(16)11-15(22-19)13-8-21-23(2)9-13/h3-5,8-9,11-12,14,17H,1,6-7,10H2,2H3. The maximum atomic E-state index is 11.9. The lowest BCUT2D eigenvalue weighted by Gasteiger charge is -2.31. The van der Waals surface area contributed by atoms with E-state index in [4.69, 9.17) is 9.72 Å². The van der Waals surface area contributed by atoms with Crippen molar-refractivity contribution in [3.63, 3.8) is 0 Å². The molecule has 0 radical (unpaired) electrons. The van der Waals surface area contributed by atoms with Crippen molar-refractivity contribution >= 4 is 11.4 Å². The summed E-state index contributed by atoms with van der Waals surface area (Å²) < 4.78 is 9.87. The molecule has 1 amide bonds. The van der Waals surface area contributed by atoms with Crippen molar-refractivity contribution in [1.29, 1.82) is 0 Å². The summed E-state index contributed by atoms with van der Waals surface area (Å²) in [7, 11) is 1.87. The number of rotatable bonds is 4. The van der Waals surface area contributed by atoms with Crippen LogP contribution in [-0.4, -0.2) is 53.9 Å². The molecule has 138 valence electrons. The predicted octanol–water partition coefficient (Wildman–Crippen LogP) is 1.68. The lowest BCUT2D eigenvalue weighted by Crippen LogP contribution is -2.42. The smallest absolute Gasteiger partial charge is 0.246 e. The van der Waals surface area contributed by atoms with Crippen LogP contribution in [0.25, 0.3) is 16.8 Å². The van der Waals surface area contributed by atoms with Gasteiger partial charge in [-0.3, -0.25) is 9.48 Å². The first-order chi connectivity index (χ1) is 13.1. The van der Waals surface area contributed by atoms with E-state index in [0.717, 1.165) is 36.2 Å². The second-order valence-electron chi connectivity index (χ2n) is 7.23. The van der Waals surface area contributed by atoms with E-state index in [9.17, 15) is 4.79 Å². The van der Waals surface area contributed by atoms with E-state index in [1.165, 1.54) is 6.08 Å². The topological polar surface area (TPSA) is 77.6 Å². The second kappa shape index (κ2) is 5.94. The fourth-order valence-electron chi connectivity index (χ4n) is 4.26. The summed E-state index contributed by atoms with van der Waals surface area (Å²) in [5.41, 5.74) is 2.51. The van der Waals surface area contributed by atoms with Crippen LogP contribution >= 0.6 is 0 Å². The van der Waals surface area contributed by atoms with Crippen molar-refractivity contribution in [2.24, 2.45) is 13.0 Å². The van der Waals surface area contributed by atoms with Gasteiger partial charge in [-0.15, -0.1) is 0 Å². The number of piperidine rings is 1. The van der Waals surface area contributed by atoms with Crippen LogP contribution in [0.2, 0.25) is 0 Å². The number of hydrogen-bond acceptors (Lipinski definition) is 5. The minimum atomic E-state index is 0.0100. The molecule has 8 heteroatoms. The number of aryl methyl sites for hydroxylation is 1. The zero-order valence-electron chi connectivity index (χ0n) is 15.0. The monoisotopic (exact) mass is 364 g/mol. The summed E-state index contributed by atoms with van der Waals surface area (Å²) >= 11 is 0. The molecule has 0 aromatic carbocycles. The average molecular weight is 364 g/mol. The van der Waals surface area contributed by atoms with Crippen molar-refractivity contribution in [2.45, 2.75) is 25.0 Å². The normalized spacial score (nSPS) is 23.9. The molecule has 2 bridgehead atoms. The van der Waals surface area contributed by atoms with Crippen molar-refractivity contribution < 1.29 is 9.53 Å². The molecule has 3 aromatic heterocycles. The highest BCUT2D eigenvalue weighted by Gasteiger charge is 2.47. The van der Waals surface area contributed by atoms with Gasteiger partial charge in [0.1, 0.15) is 11.6 Å². The summed E-state index contributed by atoms with van der Waals surface area (Å²) in [6, 6.07) is 2.13. The van der Waals surface area contributed by atoms with Crippen molar-refractivity contribution in [3.05, 3.63) is 43.5 Å². The molecule has 0 N–H and O–H groups in total. The van der Waals surface area contributed by atoms with E-state index in [-0.39, 0.29) is 18.1 Å². The highest BCUT2D eigenvalue weighted by molar-refractivity contribution is 5.87. The highest BCUT2D eigenvalue weighted by Crippen LogP contribution is 2.40. The van der Waals surface area contributed by atoms with Crippen molar-refractivity contribution in [3.8, 4) is 17.1 Å². The maximum absolute atomic E-state index is 11.9. The Morgan fingerprint density at radius 2 is 2.22 bits per heavy atom.